The van der Waals surface area contributed by atoms with Crippen molar-refractivity contribution in [2.45, 2.75) is 18.4 Å². The first-order valence-corrected chi connectivity index (χ1v) is 6.78. The SMILES string of the molecule is O=C(NC1(c2ccccc2)CCOCC1)c1ccoc1. The van der Waals surface area contributed by atoms with Gasteiger partial charge in [-0.05, 0) is 24.5 Å². The van der Waals surface area contributed by atoms with Crippen molar-refractivity contribution in [3.8, 4) is 0 Å². The van der Waals surface area contributed by atoms with Crippen molar-refractivity contribution in [2.75, 3.05) is 13.2 Å². The molecule has 3 rings (SSSR count). The highest BCUT2D eigenvalue weighted by molar-refractivity contribution is 5.94. The minimum absolute atomic E-state index is 0.107. The average Bonchev–Trinajstić information content (AvgIpc) is 3.03. The molecular formula is C16H17NO3. The Morgan fingerprint density at radius 2 is 1.85 bits per heavy atom. The monoisotopic (exact) mass is 271 g/mol. The molecule has 1 aliphatic rings. The zero-order chi connectivity index (χ0) is 13.8. The van der Waals surface area contributed by atoms with E-state index in [-0.39, 0.29) is 11.4 Å². The van der Waals surface area contributed by atoms with Crippen LogP contribution in [0.5, 0.6) is 0 Å². The maximum absolute atomic E-state index is 12.3. The second-order valence-corrected chi connectivity index (χ2v) is 5.03. The van der Waals surface area contributed by atoms with E-state index in [2.05, 4.69) is 17.4 Å². The van der Waals surface area contributed by atoms with E-state index in [0.717, 1.165) is 18.4 Å². The molecule has 4 heteroatoms. The fourth-order valence-electron chi connectivity index (χ4n) is 2.65. The van der Waals surface area contributed by atoms with Gasteiger partial charge in [-0.1, -0.05) is 30.3 Å². The summed E-state index contributed by atoms with van der Waals surface area (Å²) in [5, 5.41) is 3.17. The maximum Gasteiger partial charge on any atom is 0.255 e. The summed E-state index contributed by atoms with van der Waals surface area (Å²) in [4.78, 5) is 12.3. The molecule has 2 aromatic rings. The second-order valence-electron chi connectivity index (χ2n) is 5.03. The van der Waals surface area contributed by atoms with E-state index in [4.69, 9.17) is 9.15 Å². The Labute approximate surface area is 117 Å². The quantitative estimate of drug-likeness (QED) is 0.933. The summed E-state index contributed by atoms with van der Waals surface area (Å²) in [6, 6.07) is 11.8. The molecule has 4 nitrogen and oxygen atoms in total. The largest absolute Gasteiger partial charge is 0.472 e. The number of amides is 1. The molecule has 0 bridgehead atoms. The number of rotatable bonds is 3. The molecule has 1 fully saturated rings. The lowest BCUT2D eigenvalue weighted by Crippen LogP contribution is -2.49. The topological polar surface area (TPSA) is 51.5 Å². The lowest BCUT2D eigenvalue weighted by atomic mass is 9.82. The molecule has 0 saturated carbocycles. The third-order valence-corrected chi connectivity index (χ3v) is 3.81. The highest BCUT2D eigenvalue weighted by atomic mass is 16.5. The van der Waals surface area contributed by atoms with Gasteiger partial charge in [0.1, 0.15) is 6.26 Å². The lowest BCUT2D eigenvalue weighted by Gasteiger charge is -2.38. The van der Waals surface area contributed by atoms with Crippen LogP contribution in [0, 0.1) is 0 Å². The maximum atomic E-state index is 12.3. The third-order valence-electron chi connectivity index (χ3n) is 3.81. The fraction of sp³-hybridized carbons (Fsp3) is 0.312. The van der Waals surface area contributed by atoms with Gasteiger partial charge in [-0.3, -0.25) is 4.79 Å². The van der Waals surface area contributed by atoms with Crippen molar-refractivity contribution in [3.05, 3.63) is 60.1 Å². The van der Waals surface area contributed by atoms with Crippen LogP contribution in [-0.2, 0) is 10.3 Å². The van der Waals surface area contributed by atoms with Crippen molar-refractivity contribution in [3.63, 3.8) is 0 Å². The molecule has 2 heterocycles. The first-order valence-electron chi connectivity index (χ1n) is 6.78. The number of hydrogen-bond acceptors (Lipinski definition) is 3. The Hall–Kier alpha value is -2.07. The van der Waals surface area contributed by atoms with Gasteiger partial charge in [0, 0.05) is 13.2 Å². The van der Waals surface area contributed by atoms with Gasteiger partial charge in [0.05, 0.1) is 17.4 Å². The van der Waals surface area contributed by atoms with Crippen LogP contribution >= 0.6 is 0 Å². The molecule has 0 radical (unpaired) electrons. The summed E-state index contributed by atoms with van der Waals surface area (Å²) in [6.07, 6.45) is 4.53. The van der Waals surface area contributed by atoms with E-state index in [0.29, 0.717) is 18.8 Å². The highest BCUT2D eigenvalue weighted by Crippen LogP contribution is 2.32. The predicted octanol–water partition coefficient (Wildman–Crippen LogP) is 2.72. The molecule has 1 amide bonds. The highest BCUT2D eigenvalue weighted by Gasteiger charge is 2.36. The smallest absolute Gasteiger partial charge is 0.255 e. The van der Waals surface area contributed by atoms with Gasteiger partial charge in [-0.2, -0.15) is 0 Å². The molecule has 104 valence electrons. The Morgan fingerprint density at radius 3 is 2.50 bits per heavy atom. The Morgan fingerprint density at radius 1 is 1.10 bits per heavy atom. The van der Waals surface area contributed by atoms with Gasteiger partial charge in [-0.25, -0.2) is 0 Å². The van der Waals surface area contributed by atoms with Gasteiger partial charge in [0.15, 0.2) is 0 Å². The van der Waals surface area contributed by atoms with E-state index >= 15 is 0 Å². The fourth-order valence-corrected chi connectivity index (χ4v) is 2.65. The van der Waals surface area contributed by atoms with E-state index in [1.165, 1.54) is 12.5 Å². The minimum atomic E-state index is -0.353. The van der Waals surface area contributed by atoms with Crippen molar-refractivity contribution < 1.29 is 13.9 Å². The van der Waals surface area contributed by atoms with E-state index in [1.807, 2.05) is 18.2 Å². The van der Waals surface area contributed by atoms with Gasteiger partial charge >= 0.3 is 0 Å². The molecule has 1 aromatic heterocycles. The van der Waals surface area contributed by atoms with E-state index in [1.54, 1.807) is 6.07 Å². The number of hydrogen-bond donors (Lipinski definition) is 1. The number of carbonyl (C=O) groups excluding carboxylic acids is 1. The van der Waals surface area contributed by atoms with Crippen molar-refractivity contribution in [1.29, 1.82) is 0 Å². The molecular weight excluding hydrogens is 254 g/mol. The van der Waals surface area contributed by atoms with Crippen LogP contribution in [0.15, 0.2) is 53.3 Å². The molecule has 0 aliphatic carbocycles. The van der Waals surface area contributed by atoms with E-state index < -0.39 is 0 Å². The number of nitrogens with one attached hydrogen (secondary N) is 1. The number of furan rings is 1. The molecule has 1 aliphatic heterocycles. The summed E-state index contributed by atoms with van der Waals surface area (Å²) in [6.45, 7) is 1.31. The molecule has 0 spiro atoms. The number of carbonyl (C=O) groups is 1. The number of benzene rings is 1. The van der Waals surface area contributed by atoms with Crippen LogP contribution in [-0.4, -0.2) is 19.1 Å². The van der Waals surface area contributed by atoms with Crippen LogP contribution < -0.4 is 5.32 Å². The van der Waals surface area contributed by atoms with Crippen molar-refractivity contribution in [1.82, 2.24) is 5.32 Å². The third kappa shape index (κ3) is 2.47. The van der Waals surface area contributed by atoms with Crippen LogP contribution in [0.2, 0.25) is 0 Å². The lowest BCUT2D eigenvalue weighted by molar-refractivity contribution is 0.0345. The van der Waals surface area contributed by atoms with E-state index in [9.17, 15) is 4.79 Å². The van der Waals surface area contributed by atoms with Crippen LogP contribution in [0.25, 0.3) is 0 Å². The van der Waals surface area contributed by atoms with Gasteiger partial charge < -0.3 is 14.5 Å². The zero-order valence-corrected chi connectivity index (χ0v) is 11.2. The van der Waals surface area contributed by atoms with Gasteiger partial charge in [0.2, 0.25) is 0 Å². The van der Waals surface area contributed by atoms with Crippen LogP contribution in [0.3, 0.4) is 0 Å². The summed E-state index contributed by atoms with van der Waals surface area (Å²) in [5.74, 6) is -0.107. The molecule has 1 aromatic carbocycles. The summed E-state index contributed by atoms with van der Waals surface area (Å²) < 4.78 is 10.4. The standard InChI is InChI=1S/C16H17NO3/c18-15(13-6-9-20-12-13)17-16(7-10-19-11-8-16)14-4-2-1-3-5-14/h1-6,9,12H,7-8,10-11H2,(H,17,18). The summed E-state index contributed by atoms with van der Waals surface area (Å²) >= 11 is 0. The average molecular weight is 271 g/mol. The Kier molecular flexibility index (Phi) is 3.56. The first-order chi connectivity index (χ1) is 9.80. The van der Waals surface area contributed by atoms with Crippen molar-refractivity contribution in [2.24, 2.45) is 0 Å². The zero-order valence-electron chi connectivity index (χ0n) is 11.2. The molecule has 1 saturated heterocycles. The van der Waals surface area contributed by atoms with Crippen LogP contribution in [0.4, 0.5) is 0 Å². The number of ether oxygens (including phenoxy) is 1. The molecule has 20 heavy (non-hydrogen) atoms. The molecule has 1 N–H and O–H groups in total. The second kappa shape index (κ2) is 5.51. The van der Waals surface area contributed by atoms with Gasteiger partial charge in [0.25, 0.3) is 5.91 Å². The Balaban J connectivity index is 1.88. The predicted molar refractivity (Wildman–Crippen MR) is 74.3 cm³/mol. The normalized spacial score (nSPS) is 17.6. The minimum Gasteiger partial charge on any atom is -0.472 e. The first kappa shape index (κ1) is 12.9. The Bertz CT molecular complexity index is 557. The molecule has 0 unspecified atom stereocenters. The van der Waals surface area contributed by atoms with Gasteiger partial charge in [-0.15, -0.1) is 0 Å². The molecule has 0 atom stereocenters. The summed E-state index contributed by atoms with van der Waals surface area (Å²) in [5.41, 5.74) is 1.32. The van der Waals surface area contributed by atoms with Crippen LogP contribution in [0.1, 0.15) is 28.8 Å². The van der Waals surface area contributed by atoms with Crippen molar-refractivity contribution >= 4 is 5.91 Å². The summed E-state index contributed by atoms with van der Waals surface area (Å²) in [7, 11) is 0.